The number of fused-ring (bicyclic) bond motifs is 7. The lowest BCUT2D eigenvalue weighted by Crippen LogP contribution is -2.19. The first-order valence-corrected chi connectivity index (χ1v) is 17.1. The molecule has 0 spiro atoms. The normalized spacial score (nSPS) is 15.2. The molecule has 4 heteroatoms. The Morgan fingerprint density at radius 1 is 0.540 bits per heavy atom. The van der Waals surface area contributed by atoms with Crippen molar-refractivity contribution in [1.82, 2.24) is 5.32 Å². The van der Waals surface area contributed by atoms with Crippen LogP contribution >= 0.6 is 0 Å². The molecule has 7 aromatic carbocycles. The maximum absolute atomic E-state index is 6.56. The molecule has 0 fully saturated rings. The Bertz CT molecular complexity index is 2850. The number of aliphatic imine (C=N–C) groups is 1. The van der Waals surface area contributed by atoms with Gasteiger partial charge in [0.2, 0.25) is 0 Å². The fraction of sp³-hybridized carbons (Fsp3) is 0.0652. The van der Waals surface area contributed by atoms with E-state index in [1.165, 1.54) is 16.3 Å². The summed E-state index contributed by atoms with van der Waals surface area (Å²) in [4.78, 5) is 5.60. The van der Waals surface area contributed by atoms with Gasteiger partial charge in [0.1, 0.15) is 28.5 Å². The monoisotopic (exact) mass is 644 g/mol. The molecule has 1 aliphatic heterocycles. The molecule has 1 unspecified atom stereocenters. The zero-order valence-corrected chi connectivity index (χ0v) is 27.5. The summed E-state index contributed by atoms with van der Waals surface area (Å²) in [5.74, 6) is 0. The second kappa shape index (κ2) is 11.4. The second-order valence-electron chi connectivity index (χ2n) is 13.2. The van der Waals surface area contributed by atoms with Crippen molar-refractivity contribution in [2.75, 3.05) is 0 Å². The summed E-state index contributed by atoms with van der Waals surface area (Å²) in [5.41, 5.74) is 12.4. The van der Waals surface area contributed by atoms with Gasteiger partial charge in [-0.25, -0.2) is 0 Å². The molecule has 50 heavy (non-hydrogen) atoms. The molecule has 0 saturated carbocycles. The molecular formula is C46H32N2O2. The Kier molecular flexibility index (Phi) is 6.50. The molecule has 1 atom stereocenters. The van der Waals surface area contributed by atoms with Crippen molar-refractivity contribution in [2.45, 2.75) is 19.5 Å². The van der Waals surface area contributed by atoms with E-state index in [4.69, 9.17) is 13.8 Å². The van der Waals surface area contributed by atoms with Crippen molar-refractivity contribution < 1.29 is 8.83 Å². The fourth-order valence-electron chi connectivity index (χ4n) is 7.75. The molecule has 238 valence electrons. The van der Waals surface area contributed by atoms with E-state index in [1.54, 1.807) is 0 Å². The number of hydrogen-bond acceptors (Lipinski definition) is 4. The first kappa shape index (κ1) is 28.6. The van der Waals surface area contributed by atoms with Gasteiger partial charge >= 0.3 is 0 Å². The van der Waals surface area contributed by atoms with Crippen molar-refractivity contribution >= 4 is 66.1 Å². The molecule has 3 heterocycles. The van der Waals surface area contributed by atoms with E-state index in [0.29, 0.717) is 6.42 Å². The number of nitrogens with one attached hydrogen (secondary N) is 1. The summed E-state index contributed by atoms with van der Waals surface area (Å²) >= 11 is 0. The highest BCUT2D eigenvalue weighted by Gasteiger charge is 2.25. The van der Waals surface area contributed by atoms with E-state index in [1.807, 2.05) is 24.3 Å². The zero-order chi connectivity index (χ0) is 33.2. The zero-order valence-electron chi connectivity index (χ0n) is 27.5. The molecule has 0 radical (unpaired) electrons. The number of para-hydroxylation sites is 3. The number of hydrogen-bond donors (Lipinski definition) is 1. The van der Waals surface area contributed by atoms with E-state index in [-0.39, 0.29) is 6.17 Å². The molecule has 0 saturated heterocycles. The number of allylic oxidation sites excluding steroid dienone is 1. The number of benzene rings is 7. The van der Waals surface area contributed by atoms with Crippen LogP contribution in [-0.2, 0) is 0 Å². The van der Waals surface area contributed by atoms with Crippen molar-refractivity contribution in [3.8, 4) is 11.1 Å². The molecule has 0 amide bonds. The number of furan rings is 2. The first-order valence-electron chi connectivity index (χ1n) is 17.1. The molecule has 2 aromatic heterocycles. The lowest BCUT2D eigenvalue weighted by molar-refractivity contribution is 0.657. The predicted molar refractivity (Wildman–Crippen MR) is 206 cm³/mol. The molecule has 10 rings (SSSR count). The first-order chi connectivity index (χ1) is 24.7. The third-order valence-corrected chi connectivity index (χ3v) is 10.1. The maximum Gasteiger partial charge on any atom is 0.145 e. The standard InChI is InChI=1S/C46H32N2O2/c1-28-26-39(33-15-5-4-14-32(33)35-18-11-23-42-43(35)37-17-7-9-22-41(37)49-42)47-46(31-25-24-29-12-2-3-13-30(29)27-31)48-44(28)38-20-10-19-36-34-16-6-8-21-40(34)50-45(36)38/h2-25,27,46,48H,26H2,1H3. The Balaban J connectivity index is 1.19. The van der Waals surface area contributed by atoms with Crippen LogP contribution in [0.25, 0.3) is 71.5 Å². The Labute approximate surface area is 289 Å². The highest BCUT2D eigenvalue weighted by atomic mass is 16.3. The van der Waals surface area contributed by atoms with Crippen LogP contribution in [0.1, 0.15) is 36.2 Å². The largest absolute Gasteiger partial charge is 0.456 e. The van der Waals surface area contributed by atoms with E-state index >= 15 is 0 Å². The lowest BCUT2D eigenvalue weighted by atomic mass is 9.91. The molecule has 9 aromatic rings. The van der Waals surface area contributed by atoms with E-state index < -0.39 is 0 Å². The number of rotatable bonds is 4. The van der Waals surface area contributed by atoms with Gasteiger partial charge in [-0.15, -0.1) is 0 Å². The maximum atomic E-state index is 6.56. The van der Waals surface area contributed by atoms with Gasteiger partial charge in [0, 0.05) is 50.5 Å². The van der Waals surface area contributed by atoms with Gasteiger partial charge in [-0.3, -0.25) is 4.99 Å². The summed E-state index contributed by atoms with van der Waals surface area (Å²) in [6.07, 6.45) is 0.336. The van der Waals surface area contributed by atoms with Crippen molar-refractivity contribution in [1.29, 1.82) is 0 Å². The Morgan fingerprint density at radius 3 is 2.06 bits per heavy atom. The minimum atomic E-state index is -0.333. The predicted octanol–water partition coefficient (Wildman–Crippen LogP) is 12.2. The summed E-state index contributed by atoms with van der Waals surface area (Å²) < 4.78 is 12.9. The third kappa shape index (κ3) is 4.56. The van der Waals surface area contributed by atoms with Gasteiger partial charge in [-0.05, 0) is 70.3 Å². The van der Waals surface area contributed by atoms with Gasteiger partial charge < -0.3 is 14.2 Å². The molecule has 0 bridgehead atoms. The van der Waals surface area contributed by atoms with E-state index in [9.17, 15) is 0 Å². The molecular weight excluding hydrogens is 613 g/mol. The van der Waals surface area contributed by atoms with Crippen molar-refractivity contribution in [2.24, 2.45) is 4.99 Å². The summed E-state index contributed by atoms with van der Waals surface area (Å²) in [6, 6.07) is 53.2. The van der Waals surface area contributed by atoms with Crippen LogP contribution in [0.5, 0.6) is 0 Å². The minimum absolute atomic E-state index is 0.333. The van der Waals surface area contributed by atoms with Crippen LogP contribution in [0, 0.1) is 0 Å². The SMILES string of the molecule is CC1=C(c2cccc3c2oc2ccccc23)NC(c2ccc3ccccc3c2)N=C(c2ccccc2-c2cccc3oc4ccccc4c23)C1. The summed E-state index contributed by atoms with van der Waals surface area (Å²) in [6.45, 7) is 2.22. The van der Waals surface area contributed by atoms with Crippen LogP contribution < -0.4 is 5.32 Å². The highest BCUT2D eigenvalue weighted by molar-refractivity contribution is 6.16. The van der Waals surface area contributed by atoms with Crippen molar-refractivity contribution in [3.05, 3.63) is 174 Å². The summed E-state index contributed by atoms with van der Waals surface area (Å²) in [5, 5.41) is 10.8. The van der Waals surface area contributed by atoms with Crippen LogP contribution in [-0.4, -0.2) is 5.71 Å². The average molecular weight is 645 g/mol. The fourth-order valence-corrected chi connectivity index (χ4v) is 7.75. The van der Waals surface area contributed by atoms with E-state index in [2.05, 4.69) is 140 Å². The van der Waals surface area contributed by atoms with Gasteiger partial charge in [0.15, 0.2) is 0 Å². The minimum Gasteiger partial charge on any atom is -0.456 e. The molecule has 1 aliphatic rings. The smallest absolute Gasteiger partial charge is 0.145 e. The topological polar surface area (TPSA) is 50.7 Å². The van der Waals surface area contributed by atoms with Gasteiger partial charge in [0.05, 0.1) is 0 Å². The highest BCUT2D eigenvalue weighted by Crippen LogP contribution is 2.41. The summed E-state index contributed by atoms with van der Waals surface area (Å²) in [7, 11) is 0. The van der Waals surface area contributed by atoms with E-state index in [0.717, 1.165) is 83.1 Å². The van der Waals surface area contributed by atoms with Gasteiger partial charge in [-0.2, -0.15) is 0 Å². The van der Waals surface area contributed by atoms with Crippen LogP contribution in [0.3, 0.4) is 0 Å². The van der Waals surface area contributed by atoms with Crippen LogP contribution in [0.15, 0.2) is 171 Å². The molecule has 1 N–H and O–H groups in total. The van der Waals surface area contributed by atoms with Crippen LogP contribution in [0.2, 0.25) is 0 Å². The average Bonchev–Trinajstić information content (AvgIpc) is 3.69. The second-order valence-corrected chi connectivity index (χ2v) is 13.2. The number of nitrogens with zero attached hydrogens (tertiary/aromatic N) is 1. The lowest BCUT2D eigenvalue weighted by Gasteiger charge is -2.20. The Morgan fingerprint density at radius 2 is 1.18 bits per heavy atom. The van der Waals surface area contributed by atoms with Gasteiger partial charge in [-0.1, -0.05) is 121 Å². The van der Waals surface area contributed by atoms with Crippen LogP contribution in [0.4, 0.5) is 0 Å². The van der Waals surface area contributed by atoms with Gasteiger partial charge in [0.25, 0.3) is 0 Å². The molecule has 4 nitrogen and oxygen atoms in total. The third-order valence-electron chi connectivity index (χ3n) is 10.1. The van der Waals surface area contributed by atoms with Crippen molar-refractivity contribution in [3.63, 3.8) is 0 Å². The molecule has 0 aliphatic carbocycles. The Hall–Kier alpha value is -6.39. The quantitative estimate of drug-likeness (QED) is 0.207.